The van der Waals surface area contributed by atoms with E-state index in [4.69, 9.17) is 0 Å². The van der Waals surface area contributed by atoms with Gasteiger partial charge in [0, 0.05) is 5.56 Å². The fraction of sp³-hybridized carbons (Fsp3) is 0.467. The first kappa shape index (κ1) is 12.4. The van der Waals surface area contributed by atoms with Crippen LogP contribution in [0.1, 0.15) is 37.5 Å². The van der Waals surface area contributed by atoms with Crippen LogP contribution in [0.25, 0.3) is 11.4 Å². The molecule has 2 heterocycles. The highest BCUT2D eigenvalue weighted by Gasteiger charge is 2.22. The largest absolute Gasteiger partial charge is 0.297 e. The second-order valence-electron chi connectivity index (χ2n) is 5.26. The van der Waals surface area contributed by atoms with Gasteiger partial charge in [-0.25, -0.2) is 4.98 Å². The minimum Gasteiger partial charge on any atom is -0.297 e. The van der Waals surface area contributed by atoms with Crippen molar-refractivity contribution >= 4 is 0 Å². The Labute approximate surface area is 113 Å². The second-order valence-corrected chi connectivity index (χ2v) is 5.26. The van der Waals surface area contributed by atoms with Crippen LogP contribution in [-0.2, 0) is 0 Å². The number of nitrogens with one attached hydrogen (secondary N) is 1. The van der Waals surface area contributed by atoms with Crippen molar-refractivity contribution in [2.24, 2.45) is 0 Å². The van der Waals surface area contributed by atoms with E-state index < -0.39 is 0 Å². The Morgan fingerprint density at radius 1 is 1.16 bits per heavy atom. The highest BCUT2D eigenvalue weighted by atomic mass is 15.3. The van der Waals surface area contributed by atoms with E-state index in [2.05, 4.69) is 27.1 Å². The third-order valence-electron chi connectivity index (χ3n) is 3.87. The van der Waals surface area contributed by atoms with Crippen molar-refractivity contribution in [2.45, 2.75) is 31.7 Å². The molecule has 1 aromatic carbocycles. The van der Waals surface area contributed by atoms with Gasteiger partial charge in [0.2, 0.25) is 0 Å². The average Bonchev–Trinajstić information content (AvgIpc) is 2.83. The van der Waals surface area contributed by atoms with Gasteiger partial charge in [0.1, 0.15) is 5.82 Å². The standard InChI is InChI=1S/C15H20N4/c1-19-11-7-3-6-10-13(19)15-16-14(17-18-15)12-8-4-2-5-9-12/h2,4-5,8-9,13H,3,6-7,10-11H2,1H3,(H,16,17,18)/t13-/m1/s1. The predicted molar refractivity (Wildman–Crippen MR) is 75.7 cm³/mol. The molecular weight excluding hydrogens is 236 g/mol. The van der Waals surface area contributed by atoms with Gasteiger partial charge in [0.15, 0.2) is 5.82 Å². The summed E-state index contributed by atoms with van der Waals surface area (Å²) < 4.78 is 0. The maximum Gasteiger partial charge on any atom is 0.181 e. The molecule has 1 saturated heterocycles. The lowest BCUT2D eigenvalue weighted by atomic mass is 10.1. The second kappa shape index (κ2) is 5.53. The van der Waals surface area contributed by atoms with Crippen molar-refractivity contribution in [2.75, 3.05) is 13.6 Å². The lowest BCUT2D eigenvalue weighted by Crippen LogP contribution is -2.24. The van der Waals surface area contributed by atoms with Gasteiger partial charge in [-0.3, -0.25) is 10.00 Å². The fourth-order valence-corrected chi connectivity index (χ4v) is 2.74. The van der Waals surface area contributed by atoms with E-state index in [-0.39, 0.29) is 0 Å². The summed E-state index contributed by atoms with van der Waals surface area (Å²) in [7, 11) is 2.18. The zero-order valence-corrected chi connectivity index (χ0v) is 11.3. The number of nitrogens with zero attached hydrogens (tertiary/aromatic N) is 3. The van der Waals surface area contributed by atoms with Gasteiger partial charge in [0.05, 0.1) is 6.04 Å². The Bertz CT molecular complexity index is 520. The van der Waals surface area contributed by atoms with Crippen LogP contribution in [0.4, 0.5) is 0 Å². The normalized spacial score (nSPS) is 21.2. The first-order valence-electron chi connectivity index (χ1n) is 7.02. The molecule has 1 N–H and O–H groups in total. The first-order valence-corrected chi connectivity index (χ1v) is 7.02. The molecular formula is C15H20N4. The van der Waals surface area contributed by atoms with Crippen molar-refractivity contribution in [3.8, 4) is 11.4 Å². The molecule has 1 aromatic heterocycles. The van der Waals surface area contributed by atoms with Crippen molar-refractivity contribution in [3.63, 3.8) is 0 Å². The molecule has 2 aromatic rings. The average molecular weight is 256 g/mol. The van der Waals surface area contributed by atoms with Gasteiger partial charge in [-0.05, 0) is 26.4 Å². The Balaban J connectivity index is 1.84. The van der Waals surface area contributed by atoms with Crippen LogP contribution in [0.15, 0.2) is 30.3 Å². The summed E-state index contributed by atoms with van der Waals surface area (Å²) in [5.41, 5.74) is 1.07. The van der Waals surface area contributed by atoms with Crippen LogP contribution in [0, 0.1) is 0 Å². The van der Waals surface area contributed by atoms with Crippen LogP contribution in [0.5, 0.6) is 0 Å². The van der Waals surface area contributed by atoms with E-state index in [1.807, 2.05) is 30.3 Å². The molecule has 0 aliphatic carbocycles. The molecule has 4 heteroatoms. The fourth-order valence-electron chi connectivity index (χ4n) is 2.74. The molecule has 4 nitrogen and oxygen atoms in total. The van der Waals surface area contributed by atoms with Crippen molar-refractivity contribution in [1.82, 2.24) is 20.1 Å². The van der Waals surface area contributed by atoms with Gasteiger partial charge in [0.25, 0.3) is 0 Å². The quantitative estimate of drug-likeness (QED) is 0.898. The SMILES string of the molecule is CN1CCCCC[C@@H]1c1nc(-c2ccccc2)n[nH]1. The van der Waals surface area contributed by atoms with Gasteiger partial charge in [-0.1, -0.05) is 43.2 Å². The topological polar surface area (TPSA) is 44.8 Å². The lowest BCUT2D eigenvalue weighted by molar-refractivity contribution is 0.241. The molecule has 19 heavy (non-hydrogen) atoms. The molecule has 1 atom stereocenters. The number of benzene rings is 1. The zero-order chi connectivity index (χ0) is 13.1. The molecule has 0 bridgehead atoms. The van der Waals surface area contributed by atoms with Gasteiger partial charge in [-0.2, -0.15) is 5.10 Å². The van der Waals surface area contributed by atoms with E-state index in [1.165, 1.54) is 25.7 Å². The summed E-state index contributed by atoms with van der Waals surface area (Å²) in [4.78, 5) is 7.08. The van der Waals surface area contributed by atoms with E-state index in [1.54, 1.807) is 0 Å². The Kier molecular flexibility index (Phi) is 3.60. The highest BCUT2D eigenvalue weighted by molar-refractivity contribution is 5.53. The van der Waals surface area contributed by atoms with E-state index in [9.17, 15) is 0 Å². The van der Waals surface area contributed by atoms with E-state index in [0.717, 1.165) is 23.8 Å². The van der Waals surface area contributed by atoms with Crippen LogP contribution in [-0.4, -0.2) is 33.7 Å². The van der Waals surface area contributed by atoms with Gasteiger partial charge < -0.3 is 0 Å². The number of hydrogen-bond donors (Lipinski definition) is 1. The van der Waals surface area contributed by atoms with Gasteiger partial charge >= 0.3 is 0 Å². The monoisotopic (exact) mass is 256 g/mol. The first-order chi connectivity index (χ1) is 9.34. The number of rotatable bonds is 2. The highest BCUT2D eigenvalue weighted by Crippen LogP contribution is 2.27. The molecule has 0 unspecified atom stereocenters. The van der Waals surface area contributed by atoms with Crippen molar-refractivity contribution in [1.29, 1.82) is 0 Å². The van der Waals surface area contributed by atoms with Crippen LogP contribution >= 0.6 is 0 Å². The molecule has 1 aliphatic heterocycles. The molecule has 0 spiro atoms. The number of aromatic nitrogens is 3. The number of aromatic amines is 1. The molecule has 100 valence electrons. The van der Waals surface area contributed by atoms with Crippen LogP contribution in [0.2, 0.25) is 0 Å². The zero-order valence-electron chi connectivity index (χ0n) is 11.3. The van der Waals surface area contributed by atoms with E-state index in [0.29, 0.717) is 6.04 Å². The third kappa shape index (κ3) is 2.68. The number of likely N-dealkylation sites (tertiary alicyclic amines) is 1. The smallest absolute Gasteiger partial charge is 0.181 e. The van der Waals surface area contributed by atoms with E-state index >= 15 is 0 Å². The van der Waals surface area contributed by atoms with Crippen LogP contribution in [0.3, 0.4) is 0 Å². The van der Waals surface area contributed by atoms with Crippen molar-refractivity contribution < 1.29 is 0 Å². The molecule has 0 saturated carbocycles. The maximum atomic E-state index is 4.69. The van der Waals surface area contributed by atoms with Crippen LogP contribution < -0.4 is 0 Å². The molecule has 1 fully saturated rings. The minimum atomic E-state index is 0.382. The molecule has 1 aliphatic rings. The molecule has 3 rings (SSSR count). The predicted octanol–water partition coefficient (Wildman–Crippen LogP) is 3.02. The number of H-pyrrole nitrogens is 1. The summed E-state index contributed by atoms with van der Waals surface area (Å²) in [6, 6.07) is 10.5. The Hall–Kier alpha value is -1.68. The molecule has 0 amide bonds. The van der Waals surface area contributed by atoms with Gasteiger partial charge in [-0.15, -0.1) is 0 Å². The number of hydrogen-bond acceptors (Lipinski definition) is 3. The Morgan fingerprint density at radius 2 is 2.00 bits per heavy atom. The summed E-state index contributed by atoms with van der Waals surface area (Å²) >= 11 is 0. The maximum absolute atomic E-state index is 4.69. The summed E-state index contributed by atoms with van der Waals surface area (Å²) in [6.07, 6.45) is 5.05. The molecule has 0 radical (unpaired) electrons. The summed E-state index contributed by atoms with van der Waals surface area (Å²) in [5, 5.41) is 7.49. The third-order valence-corrected chi connectivity index (χ3v) is 3.87. The lowest BCUT2D eigenvalue weighted by Gasteiger charge is -2.23. The summed E-state index contributed by atoms with van der Waals surface area (Å²) in [6.45, 7) is 1.14. The Morgan fingerprint density at radius 3 is 2.84 bits per heavy atom. The minimum absolute atomic E-state index is 0.382. The van der Waals surface area contributed by atoms with Crippen molar-refractivity contribution in [3.05, 3.63) is 36.2 Å². The summed E-state index contributed by atoms with van der Waals surface area (Å²) in [5.74, 6) is 1.80.